The third-order valence-electron chi connectivity index (χ3n) is 4.42. The zero-order valence-electron chi connectivity index (χ0n) is 15.3. The van der Waals surface area contributed by atoms with E-state index < -0.39 is 16.0 Å². The Morgan fingerprint density at radius 2 is 2.20 bits per heavy atom. The first-order valence-electron chi connectivity index (χ1n) is 8.81. The van der Waals surface area contributed by atoms with Crippen molar-refractivity contribution in [2.75, 3.05) is 17.2 Å². The van der Waals surface area contributed by atoms with Crippen molar-refractivity contribution in [3.8, 4) is 11.4 Å². The number of pyridine rings is 1. The first-order valence-corrected chi connectivity index (χ1v) is 11.2. The van der Waals surface area contributed by atoms with E-state index in [-0.39, 0.29) is 18.3 Å². The average Bonchev–Trinajstić information content (AvgIpc) is 3.35. The van der Waals surface area contributed by atoms with Gasteiger partial charge >= 0.3 is 5.97 Å². The number of sulfonamides is 1. The smallest absolute Gasteiger partial charge is 0.338 e. The van der Waals surface area contributed by atoms with Crippen LogP contribution in [0.25, 0.3) is 11.4 Å². The maximum Gasteiger partial charge on any atom is 0.338 e. The minimum atomic E-state index is -3.43. The highest BCUT2D eigenvalue weighted by molar-refractivity contribution is 8.15. The van der Waals surface area contributed by atoms with Crippen molar-refractivity contribution >= 4 is 38.6 Å². The molecule has 0 radical (unpaired) electrons. The number of ether oxygens (including phenoxy) is 1. The van der Waals surface area contributed by atoms with Gasteiger partial charge in [0.15, 0.2) is 11.8 Å². The fraction of sp³-hybridized carbons (Fsp3) is 0.167. The van der Waals surface area contributed by atoms with Gasteiger partial charge in [-0.15, -0.1) is 4.40 Å². The van der Waals surface area contributed by atoms with Crippen molar-refractivity contribution in [3.63, 3.8) is 0 Å². The molecular formula is C18H13N5O5S2. The van der Waals surface area contributed by atoms with Crippen LogP contribution in [0.5, 0.6) is 0 Å². The molecule has 0 unspecified atom stereocenters. The van der Waals surface area contributed by atoms with E-state index in [1.165, 1.54) is 11.8 Å². The number of anilines is 1. The van der Waals surface area contributed by atoms with Crippen LogP contribution in [0.2, 0.25) is 0 Å². The van der Waals surface area contributed by atoms with Gasteiger partial charge in [-0.05, 0) is 42.1 Å². The van der Waals surface area contributed by atoms with E-state index in [1.807, 2.05) is 4.90 Å². The summed E-state index contributed by atoms with van der Waals surface area (Å²) in [6.45, 7) is 0.161. The molecule has 0 amide bonds. The molecule has 30 heavy (non-hydrogen) atoms. The maximum absolute atomic E-state index is 12.4. The fourth-order valence-corrected chi connectivity index (χ4v) is 5.29. The third kappa shape index (κ3) is 3.55. The van der Waals surface area contributed by atoms with Crippen LogP contribution in [-0.4, -0.2) is 47.0 Å². The largest absolute Gasteiger partial charge is 0.452 e. The van der Waals surface area contributed by atoms with Gasteiger partial charge in [-0.3, -0.25) is 4.98 Å². The molecule has 0 saturated heterocycles. The van der Waals surface area contributed by atoms with E-state index in [1.54, 1.807) is 42.7 Å². The molecule has 152 valence electrons. The number of hydrogen-bond donors (Lipinski definition) is 0. The Morgan fingerprint density at radius 1 is 1.30 bits per heavy atom. The van der Waals surface area contributed by atoms with Gasteiger partial charge in [-0.25, -0.2) is 13.2 Å². The summed E-state index contributed by atoms with van der Waals surface area (Å²) < 4.78 is 37.6. The Kier molecular flexibility index (Phi) is 4.51. The summed E-state index contributed by atoms with van der Waals surface area (Å²) in [5.74, 6) is -0.0743. The van der Waals surface area contributed by atoms with Crippen LogP contribution in [0.3, 0.4) is 0 Å². The summed E-state index contributed by atoms with van der Waals surface area (Å²) in [5.41, 5.74) is 1.84. The lowest BCUT2D eigenvalue weighted by molar-refractivity contribution is 0.0429. The molecule has 0 bridgehead atoms. The van der Waals surface area contributed by atoms with Gasteiger partial charge in [0.25, 0.3) is 15.9 Å². The summed E-state index contributed by atoms with van der Waals surface area (Å²) in [6.07, 6.45) is 3.24. The summed E-state index contributed by atoms with van der Waals surface area (Å²) in [6, 6.07) is 8.59. The molecule has 2 aromatic heterocycles. The SMILES string of the molecule is O=C(OCc1nc(-c2cccnc2)no1)c1ccc2c(c1)SC1=NS(=O)(=O)CCN12. The number of hydrogen-bond acceptors (Lipinski definition) is 10. The molecule has 0 spiro atoms. The van der Waals surface area contributed by atoms with Crippen molar-refractivity contribution in [1.82, 2.24) is 15.1 Å². The monoisotopic (exact) mass is 443 g/mol. The predicted molar refractivity (Wildman–Crippen MR) is 108 cm³/mol. The quantitative estimate of drug-likeness (QED) is 0.553. The second kappa shape index (κ2) is 7.22. The summed E-state index contributed by atoms with van der Waals surface area (Å²) >= 11 is 1.21. The molecule has 0 fully saturated rings. The van der Waals surface area contributed by atoms with Gasteiger partial charge in [0.05, 0.1) is 17.0 Å². The molecule has 1 aromatic carbocycles. The molecule has 5 rings (SSSR count). The lowest BCUT2D eigenvalue weighted by Gasteiger charge is -2.22. The number of benzene rings is 1. The average molecular weight is 443 g/mol. The lowest BCUT2D eigenvalue weighted by Crippen LogP contribution is -2.35. The first-order chi connectivity index (χ1) is 14.5. The van der Waals surface area contributed by atoms with Gasteiger partial charge in [-0.2, -0.15) is 4.98 Å². The first kappa shape index (κ1) is 18.8. The Bertz CT molecular complexity index is 1270. The van der Waals surface area contributed by atoms with Crippen LogP contribution in [0.1, 0.15) is 16.2 Å². The van der Waals surface area contributed by atoms with Crippen LogP contribution in [-0.2, 0) is 21.4 Å². The summed E-state index contributed by atoms with van der Waals surface area (Å²) in [5, 5.41) is 4.25. The Balaban J connectivity index is 1.28. The van der Waals surface area contributed by atoms with Crippen LogP contribution in [0.15, 0.2) is 56.5 Å². The molecule has 0 N–H and O–H groups in total. The normalized spacial score (nSPS) is 16.5. The van der Waals surface area contributed by atoms with E-state index in [0.717, 1.165) is 10.6 Å². The van der Waals surface area contributed by atoms with Crippen molar-refractivity contribution < 1.29 is 22.5 Å². The Labute approximate surface area is 175 Å². The lowest BCUT2D eigenvalue weighted by atomic mass is 10.2. The highest BCUT2D eigenvalue weighted by Gasteiger charge is 2.33. The van der Waals surface area contributed by atoms with Gasteiger partial charge in [0.1, 0.15) is 0 Å². The molecule has 12 heteroatoms. The predicted octanol–water partition coefficient (Wildman–Crippen LogP) is 2.10. The number of fused-ring (bicyclic) bond motifs is 3. The molecule has 0 atom stereocenters. The number of esters is 1. The van der Waals surface area contributed by atoms with Gasteiger partial charge in [0.2, 0.25) is 5.82 Å². The van der Waals surface area contributed by atoms with Crippen LogP contribution in [0, 0.1) is 0 Å². The van der Waals surface area contributed by atoms with E-state index in [0.29, 0.717) is 28.7 Å². The number of carbonyl (C=O) groups is 1. The third-order valence-corrected chi connectivity index (χ3v) is 6.73. The van der Waals surface area contributed by atoms with Crippen molar-refractivity contribution in [1.29, 1.82) is 0 Å². The minimum absolute atomic E-state index is 0.0362. The maximum atomic E-state index is 12.4. The zero-order chi connectivity index (χ0) is 20.7. The number of rotatable bonds is 4. The number of amidine groups is 1. The summed E-state index contributed by atoms with van der Waals surface area (Å²) in [4.78, 5) is 23.2. The second-order valence-electron chi connectivity index (χ2n) is 6.43. The zero-order valence-corrected chi connectivity index (χ0v) is 16.9. The number of carbonyl (C=O) groups excluding carboxylic acids is 1. The van der Waals surface area contributed by atoms with E-state index in [9.17, 15) is 13.2 Å². The van der Waals surface area contributed by atoms with E-state index in [2.05, 4.69) is 19.5 Å². The number of aromatic nitrogens is 3. The minimum Gasteiger partial charge on any atom is -0.452 e. The van der Waals surface area contributed by atoms with Gasteiger partial charge in [-0.1, -0.05) is 5.16 Å². The molecule has 10 nitrogen and oxygen atoms in total. The molecule has 4 heterocycles. The van der Waals surface area contributed by atoms with Gasteiger partial charge < -0.3 is 14.2 Å². The molecule has 0 aliphatic carbocycles. The molecule has 2 aliphatic heterocycles. The van der Waals surface area contributed by atoms with E-state index >= 15 is 0 Å². The molecule has 0 saturated carbocycles. The fourth-order valence-electron chi connectivity index (χ4n) is 2.99. The summed E-state index contributed by atoms with van der Waals surface area (Å²) in [7, 11) is -3.43. The molecular weight excluding hydrogens is 430 g/mol. The Hall–Kier alpha value is -3.25. The van der Waals surface area contributed by atoms with Crippen molar-refractivity contribution in [2.45, 2.75) is 11.5 Å². The Morgan fingerprint density at radius 3 is 3.03 bits per heavy atom. The standard InChI is InChI=1S/C18H13N5O5S2/c24-17(27-10-15-20-16(21-28-15)12-2-1-5-19-9-12)11-3-4-13-14(8-11)29-18-22-30(25,26)7-6-23(13)18/h1-5,8-9H,6-7,10H2. The van der Waals surface area contributed by atoms with Crippen LogP contribution in [0.4, 0.5) is 5.69 Å². The van der Waals surface area contributed by atoms with Gasteiger partial charge in [0, 0.05) is 29.4 Å². The number of thioether (sulfide) groups is 1. The number of nitrogens with zero attached hydrogens (tertiary/aromatic N) is 5. The van der Waals surface area contributed by atoms with Crippen molar-refractivity contribution in [2.24, 2.45) is 4.40 Å². The molecule has 2 aliphatic rings. The van der Waals surface area contributed by atoms with E-state index in [4.69, 9.17) is 9.26 Å². The van der Waals surface area contributed by atoms with Crippen molar-refractivity contribution in [3.05, 3.63) is 54.2 Å². The highest BCUT2D eigenvalue weighted by Crippen LogP contribution is 2.42. The second-order valence-corrected chi connectivity index (χ2v) is 9.19. The van der Waals surface area contributed by atoms with Crippen LogP contribution < -0.4 is 4.90 Å². The van der Waals surface area contributed by atoms with Crippen LogP contribution >= 0.6 is 11.8 Å². The topological polar surface area (TPSA) is 128 Å². The molecule has 3 aromatic rings. The highest BCUT2D eigenvalue weighted by atomic mass is 32.2.